The average molecular weight is 294 g/mol. The van der Waals surface area contributed by atoms with E-state index in [-0.39, 0.29) is 5.91 Å². The predicted molar refractivity (Wildman–Crippen MR) is 84.6 cm³/mol. The van der Waals surface area contributed by atoms with Gasteiger partial charge < -0.3 is 10.6 Å². The highest BCUT2D eigenvalue weighted by Crippen LogP contribution is 2.25. The van der Waals surface area contributed by atoms with Crippen LogP contribution in [0.25, 0.3) is 0 Å². The van der Waals surface area contributed by atoms with E-state index < -0.39 is 10.8 Å². The zero-order valence-corrected chi connectivity index (χ0v) is 12.9. The average Bonchev–Trinajstić information content (AvgIpc) is 2.45. The first-order valence-electron chi connectivity index (χ1n) is 7.11. The molecular formula is C15H22N2O2S. The standard InChI is InChI=1S/C15H22N2O2S/c1-3-15(18)17-14-6-4-5-13(11(14)2)16-12-7-9-20(19)10-8-12/h4-6,12,16H,3,7-10H2,1-2H3,(H,17,18). The van der Waals surface area contributed by atoms with E-state index >= 15 is 0 Å². The molecule has 0 aromatic heterocycles. The zero-order valence-electron chi connectivity index (χ0n) is 12.1. The molecule has 0 bridgehead atoms. The Bertz CT molecular complexity index is 507. The Morgan fingerprint density at radius 3 is 2.60 bits per heavy atom. The van der Waals surface area contributed by atoms with Gasteiger partial charge in [-0.3, -0.25) is 9.00 Å². The molecule has 0 saturated carbocycles. The van der Waals surface area contributed by atoms with Crippen molar-refractivity contribution in [2.24, 2.45) is 0 Å². The van der Waals surface area contributed by atoms with Crippen molar-refractivity contribution in [3.8, 4) is 0 Å². The van der Waals surface area contributed by atoms with E-state index in [2.05, 4.69) is 10.6 Å². The largest absolute Gasteiger partial charge is 0.382 e. The summed E-state index contributed by atoms with van der Waals surface area (Å²) in [6, 6.07) is 6.28. The first kappa shape index (κ1) is 15.0. The van der Waals surface area contributed by atoms with Crippen LogP contribution >= 0.6 is 0 Å². The number of hydrogen-bond donors (Lipinski definition) is 2. The Hall–Kier alpha value is -1.36. The number of rotatable bonds is 4. The van der Waals surface area contributed by atoms with Gasteiger partial charge in [0.2, 0.25) is 5.91 Å². The second-order valence-corrected chi connectivity index (χ2v) is 6.84. The number of benzene rings is 1. The highest BCUT2D eigenvalue weighted by molar-refractivity contribution is 7.85. The number of amides is 1. The number of carbonyl (C=O) groups is 1. The van der Waals surface area contributed by atoms with Crippen molar-refractivity contribution in [2.75, 3.05) is 22.1 Å². The summed E-state index contributed by atoms with van der Waals surface area (Å²) in [7, 11) is -0.635. The van der Waals surface area contributed by atoms with E-state index in [0.29, 0.717) is 12.5 Å². The van der Waals surface area contributed by atoms with Crippen LogP contribution in [0.15, 0.2) is 18.2 Å². The molecule has 0 atom stereocenters. The van der Waals surface area contributed by atoms with E-state index in [1.54, 1.807) is 0 Å². The molecule has 0 radical (unpaired) electrons. The molecule has 110 valence electrons. The van der Waals surface area contributed by atoms with Crippen LogP contribution in [-0.4, -0.2) is 27.7 Å². The summed E-state index contributed by atoms with van der Waals surface area (Å²) in [5.74, 6) is 1.59. The van der Waals surface area contributed by atoms with Crippen LogP contribution in [0.5, 0.6) is 0 Å². The molecule has 0 spiro atoms. The lowest BCUT2D eigenvalue weighted by atomic mass is 10.1. The fourth-order valence-corrected chi connectivity index (χ4v) is 3.62. The molecule has 1 aromatic rings. The maximum Gasteiger partial charge on any atom is 0.224 e. The molecule has 1 heterocycles. The fourth-order valence-electron chi connectivity index (χ4n) is 2.32. The van der Waals surface area contributed by atoms with Gasteiger partial charge in [-0.2, -0.15) is 0 Å². The van der Waals surface area contributed by atoms with Gasteiger partial charge in [0, 0.05) is 46.1 Å². The van der Waals surface area contributed by atoms with Gasteiger partial charge in [0.15, 0.2) is 0 Å². The van der Waals surface area contributed by atoms with Crippen molar-refractivity contribution < 1.29 is 9.00 Å². The summed E-state index contributed by atoms with van der Waals surface area (Å²) in [6.45, 7) is 3.85. The molecule has 1 fully saturated rings. The lowest BCUT2D eigenvalue weighted by molar-refractivity contribution is -0.115. The van der Waals surface area contributed by atoms with Crippen molar-refractivity contribution in [3.63, 3.8) is 0 Å². The van der Waals surface area contributed by atoms with E-state index in [0.717, 1.165) is 41.3 Å². The van der Waals surface area contributed by atoms with Crippen LogP contribution in [0.1, 0.15) is 31.7 Å². The van der Waals surface area contributed by atoms with Crippen LogP contribution < -0.4 is 10.6 Å². The third-order valence-electron chi connectivity index (χ3n) is 3.68. The first-order valence-corrected chi connectivity index (χ1v) is 8.60. The molecule has 1 amide bonds. The van der Waals surface area contributed by atoms with E-state index in [1.165, 1.54) is 0 Å². The summed E-state index contributed by atoms with van der Waals surface area (Å²) in [6.07, 6.45) is 2.36. The monoisotopic (exact) mass is 294 g/mol. The first-order chi connectivity index (χ1) is 9.60. The maximum atomic E-state index is 11.5. The minimum Gasteiger partial charge on any atom is -0.382 e. The molecule has 2 N–H and O–H groups in total. The number of nitrogens with one attached hydrogen (secondary N) is 2. The van der Waals surface area contributed by atoms with Gasteiger partial charge in [-0.25, -0.2) is 0 Å². The van der Waals surface area contributed by atoms with Gasteiger partial charge >= 0.3 is 0 Å². The summed E-state index contributed by atoms with van der Waals surface area (Å²) in [5, 5.41) is 6.43. The van der Waals surface area contributed by atoms with Gasteiger partial charge in [0.05, 0.1) is 0 Å². The van der Waals surface area contributed by atoms with E-state index in [1.807, 2.05) is 32.0 Å². The Balaban J connectivity index is 2.06. The molecule has 0 aliphatic carbocycles. The predicted octanol–water partition coefficient (Wildman–Crippen LogP) is 2.67. The molecule has 4 nitrogen and oxygen atoms in total. The van der Waals surface area contributed by atoms with Crippen molar-refractivity contribution in [1.82, 2.24) is 0 Å². The molecule has 1 aliphatic rings. The normalized spacial score (nSPS) is 22.3. The van der Waals surface area contributed by atoms with Gasteiger partial charge in [-0.05, 0) is 37.5 Å². The highest BCUT2D eigenvalue weighted by atomic mass is 32.2. The number of carbonyl (C=O) groups excluding carboxylic acids is 1. The van der Waals surface area contributed by atoms with Gasteiger partial charge in [-0.1, -0.05) is 13.0 Å². The Kier molecular flexibility index (Phi) is 5.17. The highest BCUT2D eigenvalue weighted by Gasteiger charge is 2.18. The molecule has 0 unspecified atom stereocenters. The quantitative estimate of drug-likeness (QED) is 0.897. The summed E-state index contributed by atoms with van der Waals surface area (Å²) >= 11 is 0. The van der Waals surface area contributed by atoms with Crippen LogP contribution in [0.4, 0.5) is 11.4 Å². The van der Waals surface area contributed by atoms with Gasteiger partial charge in [-0.15, -0.1) is 0 Å². The van der Waals surface area contributed by atoms with Crippen LogP contribution in [0.3, 0.4) is 0 Å². The molecule has 1 aliphatic heterocycles. The Labute approximate surface area is 122 Å². The minimum absolute atomic E-state index is 0.0262. The summed E-state index contributed by atoms with van der Waals surface area (Å²) in [5.41, 5.74) is 2.97. The van der Waals surface area contributed by atoms with Crippen LogP contribution in [0, 0.1) is 6.92 Å². The van der Waals surface area contributed by atoms with E-state index in [4.69, 9.17) is 0 Å². The van der Waals surface area contributed by atoms with Crippen molar-refractivity contribution >= 4 is 28.1 Å². The molecule has 1 saturated heterocycles. The van der Waals surface area contributed by atoms with Crippen molar-refractivity contribution in [3.05, 3.63) is 23.8 Å². The molecule has 2 rings (SSSR count). The maximum absolute atomic E-state index is 11.5. The van der Waals surface area contributed by atoms with Gasteiger partial charge in [0.25, 0.3) is 0 Å². The molecular weight excluding hydrogens is 272 g/mol. The zero-order chi connectivity index (χ0) is 14.5. The fraction of sp³-hybridized carbons (Fsp3) is 0.533. The third kappa shape index (κ3) is 3.82. The topological polar surface area (TPSA) is 58.2 Å². The SMILES string of the molecule is CCC(=O)Nc1cccc(NC2CCS(=O)CC2)c1C. The molecule has 1 aromatic carbocycles. The number of anilines is 2. The summed E-state index contributed by atoms with van der Waals surface area (Å²) < 4.78 is 11.4. The smallest absolute Gasteiger partial charge is 0.224 e. The Morgan fingerprint density at radius 1 is 1.30 bits per heavy atom. The lowest BCUT2D eigenvalue weighted by Gasteiger charge is -2.25. The number of hydrogen-bond acceptors (Lipinski definition) is 3. The second-order valence-electron chi connectivity index (χ2n) is 5.15. The minimum atomic E-state index is -0.635. The molecule has 5 heteroatoms. The lowest BCUT2D eigenvalue weighted by Crippen LogP contribution is -2.29. The van der Waals surface area contributed by atoms with Crippen molar-refractivity contribution in [1.29, 1.82) is 0 Å². The van der Waals surface area contributed by atoms with Crippen LogP contribution in [-0.2, 0) is 15.6 Å². The van der Waals surface area contributed by atoms with Crippen LogP contribution in [0.2, 0.25) is 0 Å². The second kappa shape index (κ2) is 6.88. The van der Waals surface area contributed by atoms with Crippen molar-refractivity contribution in [2.45, 2.75) is 39.2 Å². The molecule has 20 heavy (non-hydrogen) atoms. The van der Waals surface area contributed by atoms with Gasteiger partial charge in [0.1, 0.15) is 0 Å². The third-order valence-corrected chi connectivity index (χ3v) is 5.06. The Morgan fingerprint density at radius 2 is 1.95 bits per heavy atom. The summed E-state index contributed by atoms with van der Waals surface area (Å²) in [4.78, 5) is 11.5. The van der Waals surface area contributed by atoms with E-state index in [9.17, 15) is 9.00 Å².